The van der Waals surface area contributed by atoms with Gasteiger partial charge in [0.2, 0.25) is 0 Å². The van der Waals surface area contributed by atoms with E-state index < -0.39 is 0 Å². The molecule has 4 aromatic rings. The molecule has 0 aliphatic carbocycles. The van der Waals surface area contributed by atoms with Crippen LogP contribution in [0.3, 0.4) is 0 Å². The number of pyridine rings is 1. The number of aromatic nitrogens is 1. The highest BCUT2D eigenvalue weighted by Crippen LogP contribution is 2.32. The number of hydrogen-bond donors (Lipinski definition) is 0. The van der Waals surface area contributed by atoms with Crippen LogP contribution in [-0.4, -0.2) is 50.3 Å². The Bertz CT molecular complexity index is 1390. The van der Waals surface area contributed by atoms with Gasteiger partial charge in [-0.3, -0.25) is 14.7 Å². The number of hydrogen-bond acceptors (Lipinski definition) is 7. The molecule has 192 valence electrons. The molecular formula is C30H32N2O5. The zero-order valence-electron chi connectivity index (χ0n) is 21.3. The fraction of sp³-hybridized carbons (Fsp3) is 0.333. The van der Waals surface area contributed by atoms with E-state index in [2.05, 4.69) is 9.88 Å². The number of para-hydroxylation sites is 1. The Balaban J connectivity index is 1.10. The molecular weight excluding hydrogens is 468 g/mol. The van der Waals surface area contributed by atoms with Crippen molar-refractivity contribution >= 4 is 11.0 Å². The molecule has 0 amide bonds. The molecule has 0 saturated carbocycles. The highest BCUT2D eigenvalue weighted by Gasteiger charge is 2.22. The number of methoxy groups -OCH3 is 2. The van der Waals surface area contributed by atoms with E-state index in [1.54, 1.807) is 32.5 Å². The Morgan fingerprint density at radius 3 is 2.54 bits per heavy atom. The fourth-order valence-electron chi connectivity index (χ4n) is 4.94. The average Bonchev–Trinajstić information content (AvgIpc) is 2.94. The maximum absolute atomic E-state index is 12.4. The van der Waals surface area contributed by atoms with E-state index in [0.29, 0.717) is 29.3 Å². The average molecular weight is 501 g/mol. The van der Waals surface area contributed by atoms with Gasteiger partial charge in [0.25, 0.3) is 0 Å². The molecule has 1 saturated heterocycles. The van der Waals surface area contributed by atoms with Gasteiger partial charge in [-0.2, -0.15) is 0 Å². The Morgan fingerprint density at radius 1 is 1.00 bits per heavy atom. The second kappa shape index (κ2) is 11.5. The minimum atomic E-state index is -0.0418. The molecule has 5 rings (SSSR count). The van der Waals surface area contributed by atoms with Crippen LogP contribution in [0.5, 0.6) is 17.2 Å². The first kappa shape index (κ1) is 24.8. The summed E-state index contributed by atoms with van der Waals surface area (Å²) in [6.07, 6.45) is 4.92. The van der Waals surface area contributed by atoms with E-state index in [0.717, 1.165) is 67.4 Å². The number of likely N-dealkylation sites (tertiary alicyclic amines) is 1. The SMILES string of the molecule is COc1ccnc(CC2CCN(CCOc3ccc(-c4cc(=O)c5ccccc5o4)cc3)CC2)c1OC. The fourth-order valence-corrected chi connectivity index (χ4v) is 4.94. The van der Waals surface area contributed by atoms with E-state index >= 15 is 0 Å². The van der Waals surface area contributed by atoms with Gasteiger partial charge in [-0.25, -0.2) is 0 Å². The second-order valence-electron chi connectivity index (χ2n) is 9.33. The molecule has 0 atom stereocenters. The van der Waals surface area contributed by atoms with Gasteiger partial charge in [-0.15, -0.1) is 0 Å². The zero-order chi connectivity index (χ0) is 25.6. The van der Waals surface area contributed by atoms with Crippen molar-refractivity contribution in [2.45, 2.75) is 19.3 Å². The molecule has 7 nitrogen and oxygen atoms in total. The van der Waals surface area contributed by atoms with Gasteiger partial charge in [0.15, 0.2) is 16.9 Å². The number of ether oxygens (including phenoxy) is 3. The third-order valence-electron chi connectivity index (χ3n) is 7.01. The Labute approximate surface area is 216 Å². The molecule has 2 aromatic heterocycles. The quantitative estimate of drug-likeness (QED) is 0.312. The van der Waals surface area contributed by atoms with Crippen molar-refractivity contribution in [2.75, 3.05) is 40.5 Å². The van der Waals surface area contributed by atoms with Crippen molar-refractivity contribution in [2.24, 2.45) is 5.92 Å². The summed E-state index contributed by atoms with van der Waals surface area (Å²) >= 11 is 0. The first-order valence-electron chi connectivity index (χ1n) is 12.7. The van der Waals surface area contributed by atoms with E-state index in [4.69, 9.17) is 18.6 Å². The Hall–Kier alpha value is -3.84. The minimum Gasteiger partial charge on any atom is -0.493 e. The summed E-state index contributed by atoms with van der Waals surface area (Å²) < 4.78 is 22.9. The Morgan fingerprint density at radius 2 is 1.78 bits per heavy atom. The summed E-state index contributed by atoms with van der Waals surface area (Å²) in [5.41, 5.74) is 2.36. The van der Waals surface area contributed by atoms with Crippen molar-refractivity contribution in [3.63, 3.8) is 0 Å². The summed E-state index contributed by atoms with van der Waals surface area (Å²) in [5.74, 6) is 3.41. The summed E-state index contributed by atoms with van der Waals surface area (Å²) in [6.45, 7) is 3.59. The molecule has 1 aliphatic rings. The number of fused-ring (bicyclic) bond motifs is 1. The highest BCUT2D eigenvalue weighted by molar-refractivity contribution is 5.78. The Kier molecular flexibility index (Phi) is 7.70. The van der Waals surface area contributed by atoms with Gasteiger partial charge in [0, 0.05) is 30.4 Å². The van der Waals surface area contributed by atoms with Gasteiger partial charge < -0.3 is 18.6 Å². The zero-order valence-corrected chi connectivity index (χ0v) is 21.3. The lowest BCUT2D eigenvalue weighted by Gasteiger charge is -2.32. The summed E-state index contributed by atoms with van der Waals surface area (Å²) in [6, 6.07) is 18.4. The molecule has 0 bridgehead atoms. The van der Waals surface area contributed by atoms with Gasteiger partial charge in [0.05, 0.1) is 25.3 Å². The summed E-state index contributed by atoms with van der Waals surface area (Å²) in [7, 11) is 3.32. The van der Waals surface area contributed by atoms with Crippen LogP contribution in [-0.2, 0) is 6.42 Å². The van der Waals surface area contributed by atoms with Crippen LogP contribution >= 0.6 is 0 Å². The smallest absolute Gasteiger partial charge is 0.193 e. The number of rotatable bonds is 9. The third kappa shape index (κ3) is 5.78. The van der Waals surface area contributed by atoms with Gasteiger partial charge in [-0.1, -0.05) is 12.1 Å². The van der Waals surface area contributed by atoms with E-state index in [-0.39, 0.29) is 5.43 Å². The van der Waals surface area contributed by atoms with Crippen LogP contribution in [0.1, 0.15) is 18.5 Å². The number of benzene rings is 2. The maximum atomic E-state index is 12.4. The van der Waals surface area contributed by atoms with Crippen LogP contribution in [0.25, 0.3) is 22.3 Å². The van der Waals surface area contributed by atoms with Crippen LogP contribution in [0.4, 0.5) is 0 Å². The van der Waals surface area contributed by atoms with Crippen LogP contribution in [0.2, 0.25) is 0 Å². The summed E-state index contributed by atoms with van der Waals surface area (Å²) in [5, 5.41) is 0.590. The topological polar surface area (TPSA) is 74.0 Å². The lowest BCUT2D eigenvalue weighted by atomic mass is 9.91. The molecule has 1 fully saturated rings. The molecule has 2 aromatic carbocycles. The monoisotopic (exact) mass is 500 g/mol. The predicted octanol–water partition coefficient (Wildman–Crippen LogP) is 5.21. The molecule has 0 N–H and O–H groups in total. The standard InChI is InChI=1S/C30H32N2O5/c1-34-28-11-14-31-25(30(28)35-2)19-21-12-15-32(16-13-21)17-18-36-23-9-7-22(8-10-23)29-20-26(33)24-5-3-4-6-27(24)37-29/h3-11,14,20-21H,12-13,15-19H2,1-2H3. The number of piperidine rings is 1. The lowest BCUT2D eigenvalue weighted by molar-refractivity contribution is 0.154. The van der Waals surface area contributed by atoms with E-state index in [1.165, 1.54) is 0 Å². The second-order valence-corrected chi connectivity index (χ2v) is 9.33. The molecule has 0 unspecified atom stereocenters. The first-order chi connectivity index (χ1) is 18.1. The van der Waals surface area contributed by atoms with Crippen LogP contribution in [0, 0.1) is 5.92 Å². The minimum absolute atomic E-state index is 0.0418. The van der Waals surface area contributed by atoms with Gasteiger partial charge in [-0.05, 0) is 74.7 Å². The predicted molar refractivity (Wildman–Crippen MR) is 144 cm³/mol. The van der Waals surface area contributed by atoms with Crippen molar-refractivity contribution < 1.29 is 18.6 Å². The molecule has 0 radical (unpaired) electrons. The molecule has 7 heteroatoms. The largest absolute Gasteiger partial charge is 0.493 e. The van der Waals surface area contributed by atoms with Crippen LogP contribution in [0.15, 0.2) is 76.1 Å². The molecule has 1 aliphatic heterocycles. The van der Waals surface area contributed by atoms with Crippen LogP contribution < -0.4 is 19.6 Å². The van der Waals surface area contributed by atoms with Crippen molar-refractivity contribution in [3.05, 3.63) is 82.8 Å². The highest BCUT2D eigenvalue weighted by atomic mass is 16.5. The number of nitrogens with zero attached hydrogens (tertiary/aromatic N) is 2. The van der Waals surface area contributed by atoms with E-state index in [9.17, 15) is 4.79 Å². The van der Waals surface area contributed by atoms with Crippen molar-refractivity contribution in [1.82, 2.24) is 9.88 Å². The lowest BCUT2D eigenvalue weighted by Crippen LogP contribution is -2.37. The summed E-state index contributed by atoms with van der Waals surface area (Å²) in [4.78, 5) is 19.4. The van der Waals surface area contributed by atoms with Gasteiger partial charge >= 0.3 is 0 Å². The third-order valence-corrected chi connectivity index (χ3v) is 7.01. The van der Waals surface area contributed by atoms with E-state index in [1.807, 2.05) is 48.5 Å². The maximum Gasteiger partial charge on any atom is 0.193 e. The molecule has 3 heterocycles. The van der Waals surface area contributed by atoms with Crippen molar-refractivity contribution in [1.29, 1.82) is 0 Å². The molecule has 37 heavy (non-hydrogen) atoms. The van der Waals surface area contributed by atoms with Crippen molar-refractivity contribution in [3.8, 4) is 28.6 Å². The first-order valence-corrected chi connectivity index (χ1v) is 12.7. The molecule has 0 spiro atoms. The normalized spacial score (nSPS) is 14.5. The van der Waals surface area contributed by atoms with Gasteiger partial charge in [0.1, 0.15) is 23.7 Å².